The predicted octanol–water partition coefficient (Wildman–Crippen LogP) is 3.38. The first-order valence-corrected chi connectivity index (χ1v) is 13.1. The number of carbonyl (C=O) groups excluding carboxylic acids is 2. The number of aromatic nitrogens is 4. The number of H-pyrrole nitrogens is 1. The van der Waals surface area contributed by atoms with Crippen LogP contribution in [0.15, 0.2) is 46.5 Å². The van der Waals surface area contributed by atoms with Crippen molar-refractivity contribution in [3.63, 3.8) is 0 Å². The van der Waals surface area contributed by atoms with Gasteiger partial charge in [-0.05, 0) is 75.3 Å². The van der Waals surface area contributed by atoms with Crippen molar-refractivity contribution in [1.29, 1.82) is 0 Å². The van der Waals surface area contributed by atoms with Gasteiger partial charge in [-0.2, -0.15) is 5.10 Å². The van der Waals surface area contributed by atoms with Crippen molar-refractivity contribution < 1.29 is 9.59 Å². The number of aromatic amines is 1. The number of nitrogens with zero attached hydrogens (tertiary/aromatic N) is 3. The molecule has 4 aliphatic carbocycles. The highest BCUT2D eigenvalue weighted by Crippen LogP contribution is 2.55. The Kier molecular flexibility index (Phi) is 5.43. The Morgan fingerprint density at radius 2 is 1.77 bits per heavy atom. The summed E-state index contributed by atoms with van der Waals surface area (Å²) < 4.78 is 1.60. The van der Waals surface area contributed by atoms with Crippen LogP contribution in [-0.2, 0) is 4.79 Å². The molecule has 1 atom stereocenters. The lowest BCUT2D eigenvalue weighted by Gasteiger charge is -2.56. The lowest BCUT2D eigenvalue weighted by Crippen LogP contribution is -2.62. The maximum absolute atomic E-state index is 12.8. The normalized spacial score (nSPS) is 27.6. The maximum Gasteiger partial charge on any atom is 0.321 e. The van der Waals surface area contributed by atoms with Gasteiger partial charge in [-0.1, -0.05) is 30.0 Å². The third-order valence-corrected chi connectivity index (χ3v) is 8.71. The molecular weight excluding hydrogens is 464 g/mol. The molecule has 3 N–H and O–H groups in total. The van der Waals surface area contributed by atoms with Crippen LogP contribution >= 0.6 is 11.8 Å². The lowest BCUT2D eigenvalue weighted by atomic mass is 9.53. The van der Waals surface area contributed by atoms with E-state index in [1.807, 2.05) is 30.3 Å². The van der Waals surface area contributed by atoms with Crippen LogP contribution in [0.2, 0.25) is 0 Å². The summed E-state index contributed by atoms with van der Waals surface area (Å²) in [5.74, 6) is 1.69. The van der Waals surface area contributed by atoms with Crippen LogP contribution < -0.4 is 16.2 Å². The molecule has 3 amide bonds. The Labute approximate surface area is 206 Å². The number of urea groups is 1. The average Bonchev–Trinajstić information content (AvgIpc) is 3.23. The van der Waals surface area contributed by atoms with Crippen LogP contribution in [0.5, 0.6) is 0 Å². The van der Waals surface area contributed by atoms with E-state index in [-0.39, 0.29) is 11.1 Å². The second kappa shape index (κ2) is 8.51. The van der Waals surface area contributed by atoms with Gasteiger partial charge in [-0.15, -0.1) is 0 Å². The van der Waals surface area contributed by atoms with Crippen molar-refractivity contribution in [2.45, 2.75) is 61.4 Å². The number of carbonyl (C=O) groups is 2. The molecule has 9 nitrogen and oxygen atoms in total. The molecule has 35 heavy (non-hydrogen) atoms. The number of benzene rings is 1. The van der Waals surface area contributed by atoms with Gasteiger partial charge in [0, 0.05) is 5.54 Å². The summed E-state index contributed by atoms with van der Waals surface area (Å²) in [5, 5.41) is 10.0. The zero-order chi connectivity index (χ0) is 24.2. The first-order valence-electron chi connectivity index (χ1n) is 12.2. The average molecular weight is 493 g/mol. The monoisotopic (exact) mass is 492 g/mol. The Balaban J connectivity index is 1.13. The third kappa shape index (κ3) is 4.24. The van der Waals surface area contributed by atoms with Gasteiger partial charge in [0.1, 0.15) is 5.39 Å². The van der Waals surface area contributed by atoms with Gasteiger partial charge in [0.2, 0.25) is 5.91 Å². The van der Waals surface area contributed by atoms with Gasteiger partial charge in [0.15, 0.2) is 10.8 Å². The molecule has 10 heteroatoms. The summed E-state index contributed by atoms with van der Waals surface area (Å²) in [5.41, 5.74) is 0.702. The second-order valence-electron chi connectivity index (χ2n) is 10.4. The van der Waals surface area contributed by atoms with Gasteiger partial charge >= 0.3 is 6.03 Å². The van der Waals surface area contributed by atoms with Crippen molar-refractivity contribution in [3.05, 3.63) is 46.9 Å². The summed E-state index contributed by atoms with van der Waals surface area (Å²) in [7, 11) is 0. The summed E-state index contributed by atoms with van der Waals surface area (Å²) in [6.45, 7) is 1.69. The van der Waals surface area contributed by atoms with E-state index >= 15 is 0 Å². The van der Waals surface area contributed by atoms with E-state index in [0.29, 0.717) is 33.9 Å². The highest BCUT2D eigenvalue weighted by molar-refractivity contribution is 8.00. The van der Waals surface area contributed by atoms with Crippen LogP contribution in [0, 0.1) is 17.8 Å². The first kappa shape index (κ1) is 22.3. The minimum atomic E-state index is -0.634. The zero-order valence-electron chi connectivity index (χ0n) is 19.5. The number of hydrogen-bond donors (Lipinski definition) is 3. The molecule has 182 valence electrons. The van der Waals surface area contributed by atoms with Crippen LogP contribution in [0.3, 0.4) is 0 Å². The molecular formula is C25H28N6O3S. The van der Waals surface area contributed by atoms with E-state index in [4.69, 9.17) is 0 Å². The summed E-state index contributed by atoms with van der Waals surface area (Å²) in [6, 6.07) is 8.99. The molecule has 2 aromatic heterocycles. The maximum atomic E-state index is 12.8. The number of para-hydroxylation sites is 1. The van der Waals surface area contributed by atoms with Gasteiger partial charge < -0.3 is 10.3 Å². The standard InChI is InChI=1S/C25H28N6O3S/c1-14(21(32)28-23(34)30-25-10-15-7-16(11-25)9-17(8-15)12-25)35-24-27-20-19(22(33)29-24)13-26-31(20)18-5-3-2-4-6-18/h2-6,13-17H,7-12H2,1H3,(H,27,29,33)(H2,28,30,32,34)/t14-,15?,16?,17?,25?/m1/s1. The van der Waals surface area contributed by atoms with Crippen molar-refractivity contribution >= 4 is 34.7 Å². The highest BCUT2D eigenvalue weighted by Gasteiger charge is 2.51. The fraction of sp³-hybridized carbons (Fsp3) is 0.480. The number of amides is 3. The molecule has 0 radical (unpaired) electrons. The molecule has 0 saturated heterocycles. The zero-order valence-corrected chi connectivity index (χ0v) is 20.3. The number of fused-ring (bicyclic) bond motifs is 1. The molecule has 4 saturated carbocycles. The number of rotatable bonds is 5. The fourth-order valence-electron chi connectivity index (χ4n) is 6.68. The van der Waals surface area contributed by atoms with Crippen LogP contribution in [0.1, 0.15) is 45.4 Å². The van der Waals surface area contributed by atoms with Gasteiger partial charge in [-0.3, -0.25) is 14.9 Å². The molecule has 0 spiro atoms. The fourth-order valence-corrected chi connectivity index (χ4v) is 7.47. The van der Waals surface area contributed by atoms with Gasteiger partial charge in [0.05, 0.1) is 17.1 Å². The molecule has 7 rings (SSSR count). The van der Waals surface area contributed by atoms with E-state index in [1.165, 1.54) is 25.5 Å². The molecule has 4 aliphatic rings. The largest absolute Gasteiger partial charge is 0.332 e. The van der Waals surface area contributed by atoms with E-state index < -0.39 is 17.2 Å². The Hall–Kier alpha value is -3.14. The van der Waals surface area contributed by atoms with Crippen molar-refractivity contribution in [2.75, 3.05) is 0 Å². The Bertz CT molecular complexity index is 1310. The number of imide groups is 1. The summed E-state index contributed by atoms with van der Waals surface area (Å²) in [4.78, 5) is 45.4. The second-order valence-corrected chi connectivity index (χ2v) is 11.7. The van der Waals surface area contributed by atoms with E-state index in [9.17, 15) is 14.4 Å². The van der Waals surface area contributed by atoms with Crippen LogP contribution in [-0.4, -0.2) is 42.5 Å². The van der Waals surface area contributed by atoms with Crippen molar-refractivity contribution in [3.8, 4) is 5.69 Å². The Morgan fingerprint density at radius 1 is 1.11 bits per heavy atom. The molecule has 3 aromatic rings. The van der Waals surface area contributed by atoms with Crippen LogP contribution in [0.25, 0.3) is 16.7 Å². The SMILES string of the molecule is C[C@@H](Sc1nc2c(cnn2-c2ccccc2)c(=O)[nH]1)C(=O)NC(=O)NC12CC3CC(CC(C3)C1)C2. The molecule has 4 fully saturated rings. The van der Waals surface area contributed by atoms with E-state index in [2.05, 4.69) is 25.7 Å². The lowest BCUT2D eigenvalue weighted by molar-refractivity contribution is -0.119. The topological polar surface area (TPSA) is 122 Å². The predicted molar refractivity (Wildman–Crippen MR) is 132 cm³/mol. The van der Waals surface area contributed by atoms with Gasteiger partial charge in [0.25, 0.3) is 5.56 Å². The third-order valence-electron chi connectivity index (χ3n) is 7.73. The molecule has 0 unspecified atom stereocenters. The molecule has 1 aromatic carbocycles. The quantitative estimate of drug-likeness (QED) is 0.371. The van der Waals surface area contributed by atoms with Crippen molar-refractivity contribution in [1.82, 2.24) is 30.4 Å². The minimum absolute atomic E-state index is 0.164. The summed E-state index contributed by atoms with van der Waals surface area (Å²) >= 11 is 1.10. The van der Waals surface area contributed by atoms with E-state index in [0.717, 1.165) is 36.7 Å². The van der Waals surface area contributed by atoms with Crippen LogP contribution in [0.4, 0.5) is 4.79 Å². The molecule has 0 aliphatic heterocycles. The van der Waals surface area contributed by atoms with Gasteiger partial charge in [-0.25, -0.2) is 14.5 Å². The number of thioether (sulfide) groups is 1. The smallest absolute Gasteiger partial charge is 0.321 e. The highest BCUT2D eigenvalue weighted by atomic mass is 32.2. The summed E-state index contributed by atoms with van der Waals surface area (Å²) in [6.07, 6.45) is 8.39. The van der Waals surface area contributed by atoms with E-state index in [1.54, 1.807) is 11.6 Å². The first-order chi connectivity index (χ1) is 16.9. The minimum Gasteiger partial charge on any atom is -0.332 e. The Morgan fingerprint density at radius 3 is 2.43 bits per heavy atom. The number of nitrogens with one attached hydrogen (secondary N) is 3. The number of hydrogen-bond acceptors (Lipinski definition) is 6. The van der Waals surface area contributed by atoms with Crippen molar-refractivity contribution in [2.24, 2.45) is 17.8 Å². The molecule has 2 heterocycles. The molecule has 4 bridgehead atoms.